The number of carbonyl (C=O) groups is 2. The first kappa shape index (κ1) is 20.9. The van der Waals surface area contributed by atoms with Crippen LogP contribution in [0.15, 0.2) is 16.8 Å². The van der Waals surface area contributed by atoms with E-state index in [1.54, 1.807) is 11.0 Å². The Bertz CT molecular complexity index is 1090. The summed E-state index contributed by atoms with van der Waals surface area (Å²) in [5, 5.41) is 3.12. The first-order valence-electron chi connectivity index (χ1n) is 12.4. The van der Waals surface area contributed by atoms with Crippen LogP contribution in [0.1, 0.15) is 78.1 Å². The number of nitrogens with one attached hydrogen (secondary N) is 1. The molecule has 3 heterocycles. The van der Waals surface area contributed by atoms with Gasteiger partial charge in [-0.2, -0.15) is 0 Å². The Kier molecular flexibility index (Phi) is 4.85. The van der Waals surface area contributed by atoms with Crippen LogP contribution < -0.4 is 5.32 Å². The maximum atomic E-state index is 13.1. The molecule has 5 aliphatic rings. The van der Waals surface area contributed by atoms with Crippen LogP contribution in [0, 0.1) is 37.0 Å². The maximum absolute atomic E-state index is 13.1. The summed E-state index contributed by atoms with van der Waals surface area (Å²) in [6.45, 7) is 4.65. The van der Waals surface area contributed by atoms with Crippen LogP contribution >= 0.6 is 0 Å². The molecule has 1 aliphatic heterocycles. The molecule has 0 saturated heterocycles. The van der Waals surface area contributed by atoms with Crippen LogP contribution in [0.25, 0.3) is 0 Å². The number of amides is 2. The van der Waals surface area contributed by atoms with Gasteiger partial charge in [-0.05, 0) is 88.0 Å². The van der Waals surface area contributed by atoms with Gasteiger partial charge in [-0.15, -0.1) is 0 Å². The SMILES string of the molecule is Cc1cc(C(=O)N2CCc3c(ncnc3NC(=O)CC34CC5CC(CC(C5)C3)C4)C2)c(C)o1. The lowest BCUT2D eigenvalue weighted by Crippen LogP contribution is -2.47. The molecule has 4 aliphatic carbocycles. The van der Waals surface area contributed by atoms with Crippen molar-refractivity contribution in [2.75, 3.05) is 11.9 Å². The number of aryl methyl sites for hydroxylation is 2. The van der Waals surface area contributed by atoms with E-state index in [2.05, 4.69) is 15.3 Å². The lowest BCUT2D eigenvalue weighted by Gasteiger charge is -2.56. The number of hydrogen-bond acceptors (Lipinski definition) is 5. The maximum Gasteiger partial charge on any atom is 0.257 e. The van der Waals surface area contributed by atoms with Gasteiger partial charge in [-0.3, -0.25) is 9.59 Å². The lowest BCUT2D eigenvalue weighted by atomic mass is 9.49. The van der Waals surface area contributed by atoms with E-state index in [-0.39, 0.29) is 17.2 Å². The molecule has 2 aromatic rings. The van der Waals surface area contributed by atoms with Crippen molar-refractivity contribution in [3.05, 3.63) is 40.7 Å². The van der Waals surface area contributed by atoms with E-state index >= 15 is 0 Å². The van der Waals surface area contributed by atoms with Crippen LogP contribution in [0.3, 0.4) is 0 Å². The lowest BCUT2D eigenvalue weighted by molar-refractivity contribution is -0.124. The number of furan rings is 1. The van der Waals surface area contributed by atoms with Crippen molar-refractivity contribution in [2.45, 2.75) is 71.8 Å². The zero-order chi connectivity index (χ0) is 22.7. The predicted molar refractivity (Wildman–Crippen MR) is 123 cm³/mol. The summed E-state index contributed by atoms with van der Waals surface area (Å²) in [6.07, 6.45) is 10.5. The number of hydrogen-bond donors (Lipinski definition) is 1. The topological polar surface area (TPSA) is 88.3 Å². The smallest absolute Gasteiger partial charge is 0.257 e. The largest absolute Gasteiger partial charge is 0.466 e. The highest BCUT2D eigenvalue weighted by Gasteiger charge is 2.51. The Hall–Kier alpha value is -2.70. The molecule has 0 radical (unpaired) electrons. The Morgan fingerprint density at radius 2 is 1.82 bits per heavy atom. The molecule has 0 spiro atoms. The first-order chi connectivity index (χ1) is 15.9. The van der Waals surface area contributed by atoms with Gasteiger partial charge in [0.25, 0.3) is 5.91 Å². The molecular weight excluding hydrogens is 416 g/mol. The summed E-state index contributed by atoms with van der Waals surface area (Å²) in [5.41, 5.74) is 2.58. The highest BCUT2D eigenvalue weighted by atomic mass is 16.3. The molecule has 7 heteroatoms. The van der Waals surface area contributed by atoms with Gasteiger partial charge in [0.15, 0.2) is 0 Å². The van der Waals surface area contributed by atoms with Crippen LogP contribution in [0.5, 0.6) is 0 Å². The van der Waals surface area contributed by atoms with E-state index < -0.39 is 0 Å². The average Bonchev–Trinajstić information content (AvgIpc) is 3.09. The molecule has 2 aromatic heterocycles. The Morgan fingerprint density at radius 1 is 1.12 bits per heavy atom. The molecule has 33 heavy (non-hydrogen) atoms. The zero-order valence-electron chi connectivity index (χ0n) is 19.5. The second kappa shape index (κ2) is 7.67. The molecule has 0 aromatic carbocycles. The Labute approximate surface area is 194 Å². The quantitative estimate of drug-likeness (QED) is 0.748. The van der Waals surface area contributed by atoms with E-state index in [9.17, 15) is 9.59 Å². The monoisotopic (exact) mass is 448 g/mol. The molecule has 0 atom stereocenters. The summed E-state index contributed by atoms with van der Waals surface area (Å²) in [4.78, 5) is 36.8. The van der Waals surface area contributed by atoms with Gasteiger partial charge >= 0.3 is 0 Å². The summed E-state index contributed by atoms with van der Waals surface area (Å²) in [7, 11) is 0. The molecule has 4 saturated carbocycles. The minimum atomic E-state index is -0.0407. The predicted octanol–water partition coefficient (Wildman–Crippen LogP) is 4.43. The number of rotatable bonds is 4. The summed E-state index contributed by atoms with van der Waals surface area (Å²) in [6, 6.07) is 1.79. The van der Waals surface area contributed by atoms with Gasteiger partial charge < -0.3 is 14.6 Å². The van der Waals surface area contributed by atoms with Gasteiger partial charge in [0.05, 0.1) is 17.8 Å². The Balaban J connectivity index is 1.15. The molecule has 4 bridgehead atoms. The van der Waals surface area contributed by atoms with Crippen LogP contribution in [0.4, 0.5) is 5.82 Å². The fraction of sp³-hybridized carbons (Fsp3) is 0.615. The standard InChI is InChI=1S/C26H32N4O3/c1-15-5-21(16(2)33-15)25(32)30-4-3-20-22(13-30)27-14-28-24(20)29-23(31)12-26-9-17-6-18(10-26)8-19(7-17)11-26/h5,14,17-19H,3-4,6-13H2,1-2H3,(H,27,28,29,31). The van der Waals surface area contributed by atoms with E-state index in [0.717, 1.165) is 34.8 Å². The molecular formula is C26H32N4O3. The highest BCUT2D eigenvalue weighted by molar-refractivity contribution is 5.95. The van der Waals surface area contributed by atoms with Gasteiger partial charge in [0.2, 0.25) is 5.91 Å². The Morgan fingerprint density at radius 3 is 2.45 bits per heavy atom. The van der Waals surface area contributed by atoms with E-state index in [4.69, 9.17) is 4.42 Å². The van der Waals surface area contributed by atoms with Crippen molar-refractivity contribution < 1.29 is 14.0 Å². The summed E-state index contributed by atoms with van der Waals surface area (Å²) in [5.74, 6) is 4.55. The van der Waals surface area contributed by atoms with Crippen molar-refractivity contribution in [3.8, 4) is 0 Å². The van der Waals surface area contributed by atoms with Crippen LogP contribution in [0.2, 0.25) is 0 Å². The second-order valence-electron chi connectivity index (χ2n) is 11.1. The normalized spacial score (nSPS) is 29.8. The number of aromatic nitrogens is 2. The molecule has 2 amide bonds. The van der Waals surface area contributed by atoms with Crippen molar-refractivity contribution >= 4 is 17.6 Å². The zero-order valence-corrected chi connectivity index (χ0v) is 19.5. The molecule has 7 nitrogen and oxygen atoms in total. The van der Waals surface area contributed by atoms with Crippen molar-refractivity contribution in [1.82, 2.24) is 14.9 Å². The van der Waals surface area contributed by atoms with Gasteiger partial charge in [0, 0.05) is 18.5 Å². The molecule has 4 fully saturated rings. The van der Waals surface area contributed by atoms with Gasteiger partial charge in [-0.25, -0.2) is 9.97 Å². The van der Waals surface area contributed by atoms with Gasteiger partial charge in [-0.1, -0.05) is 0 Å². The first-order valence-corrected chi connectivity index (χ1v) is 12.4. The molecule has 0 unspecified atom stereocenters. The highest BCUT2D eigenvalue weighted by Crippen LogP contribution is 2.61. The average molecular weight is 449 g/mol. The number of fused-ring (bicyclic) bond motifs is 1. The number of nitrogens with zero attached hydrogens (tertiary/aromatic N) is 3. The van der Waals surface area contributed by atoms with Gasteiger partial charge in [0.1, 0.15) is 23.7 Å². The van der Waals surface area contributed by atoms with E-state index in [1.807, 2.05) is 13.8 Å². The van der Waals surface area contributed by atoms with Crippen molar-refractivity contribution in [2.24, 2.45) is 23.2 Å². The minimum absolute atomic E-state index is 0.0407. The summed E-state index contributed by atoms with van der Waals surface area (Å²) < 4.78 is 5.54. The van der Waals surface area contributed by atoms with E-state index in [0.29, 0.717) is 43.1 Å². The number of carbonyl (C=O) groups excluding carboxylic acids is 2. The number of anilines is 1. The third-order valence-corrected chi connectivity index (χ3v) is 8.52. The summed E-state index contributed by atoms with van der Waals surface area (Å²) >= 11 is 0. The fourth-order valence-corrected chi connectivity index (χ4v) is 7.67. The molecule has 7 rings (SSSR count). The molecule has 174 valence electrons. The minimum Gasteiger partial charge on any atom is -0.466 e. The van der Waals surface area contributed by atoms with Crippen molar-refractivity contribution in [1.29, 1.82) is 0 Å². The third kappa shape index (κ3) is 3.75. The fourth-order valence-electron chi connectivity index (χ4n) is 7.67. The van der Waals surface area contributed by atoms with Crippen LogP contribution in [-0.4, -0.2) is 33.2 Å². The second-order valence-corrected chi connectivity index (χ2v) is 11.1. The van der Waals surface area contributed by atoms with Crippen LogP contribution in [-0.2, 0) is 17.8 Å². The third-order valence-electron chi connectivity index (χ3n) is 8.52. The van der Waals surface area contributed by atoms with Crippen molar-refractivity contribution in [3.63, 3.8) is 0 Å². The molecule has 1 N–H and O–H groups in total. The van der Waals surface area contributed by atoms with E-state index in [1.165, 1.54) is 44.9 Å².